The van der Waals surface area contributed by atoms with Crippen LogP contribution < -0.4 is 15.5 Å². The molecule has 7 heteroatoms. The number of benzene rings is 2. The Bertz CT molecular complexity index is 1500. The number of imidazole rings is 1. The van der Waals surface area contributed by atoms with E-state index < -0.39 is 0 Å². The lowest BCUT2D eigenvalue weighted by Gasteiger charge is -2.29. The maximum Gasteiger partial charge on any atom is 0.212 e. The summed E-state index contributed by atoms with van der Waals surface area (Å²) < 4.78 is 2.10. The number of aromatic nitrogens is 4. The topological polar surface area (TPSA) is 70.4 Å². The number of anilines is 2. The highest BCUT2D eigenvalue weighted by Gasteiger charge is 2.39. The van der Waals surface area contributed by atoms with Gasteiger partial charge in [-0.2, -0.15) is 0 Å². The Morgan fingerprint density at radius 3 is 2.85 bits per heavy atom. The van der Waals surface area contributed by atoms with Crippen LogP contribution in [-0.4, -0.2) is 44.5 Å². The lowest BCUT2D eigenvalue weighted by Crippen LogP contribution is -2.44. The molecule has 7 nitrogen and oxygen atoms in total. The summed E-state index contributed by atoms with van der Waals surface area (Å²) in [4.78, 5) is 16.7. The Morgan fingerprint density at radius 1 is 1.00 bits per heavy atom. The summed E-state index contributed by atoms with van der Waals surface area (Å²) in [5.41, 5.74) is 4.12. The number of hydrogen-bond acceptors (Lipinski definition) is 6. The Labute approximate surface area is 197 Å². The minimum atomic E-state index is 0.494. The molecule has 0 amide bonds. The molecule has 2 N–H and O–H groups in total. The molecule has 2 saturated heterocycles. The van der Waals surface area contributed by atoms with Crippen molar-refractivity contribution < 1.29 is 0 Å². The van der Waals surface area contributed by atoms with Crippen molar-refractivity contribution in [3.63, 3.8) is 0 Å². The average molecular weight is 448 g/mol. The molecular formula is C27H25N7. The summed E-state index contributed by atoms with van der Waals surface area (Å²) >= 11 is 0. The van der Waals surface area contributed by atoms with Gasteiger partial charge in [0.15, 0.2) is 0 Å². The Morgan fingerprint density at radius 2 is 1.94 bits per heavy atom. The van der Waals surface area contributed by atoms with E-state index in [0.29, 0.717) is 18.6 Å². The molecule has 2 atom stereocenters. The van der Waals surface area contributed by atoms with Crippen molar-refractivity contribution in [3.05, 3.63) is 84.8 Å². The third-order valence-corrected chi connectivity index (χ3v) is 7.08. The molecule has 0 aliphatic carbocycles. The molecule has 7 rings (SSSR count). The van der Waals surface area contributed by atoms with Crippen LogP contribution in [0.5, 0.6) is 0 Å². The summed E-state index contributed by atoms with van der Waals surface area (Å²) in [5.74, 6) is 1.81. The number of nitrogens with one attached hydrogen (secondary N) is 2. The second-order valence-electron chi connectivity index (χ2n) is 9.17. The molecule has 0 radical (unpaired) electrons. The number of nitrogens with zero attached hydrogens (tertiary/aromatic N) is 5. The quantitative estimate of drug-likeness (QED) is 0.423. The molecule has 5 heterocycles. The molecule has 5 aromatic rings. The van der Waals surface area contributed by atoms with Crippen LogP contribution >= 0.6 is 0 Å². The lowest BCUT2D eigenvalue weighted by molar-refractivity contribution is 0.570. The standard InChI is InChI=1S/C27H25N7/c1-2-7-23-18(4-1)5-3-6-20(23)15-31-25-12-19(8-9-28-25)24-14-26-29-10-11-33(26)27(32-24)34-17-21-13-22(34)16-30-21/h1-12,14,21-22,30H,13,15-17H2,(H,28,31)/t21-,22-/m0/s1. The monoisotopic (exact) mass is 447 g/mol. The first-order chi connectivity index (χ1) is 16.8. The van der Waals surface area contributed by atoms with Crippen LogP contribution in [0.2, 0.25) is 0 Å². The van der Waals surface area contributed by atoms with Gasteiger partial charge in [-0.15, -0.1) is 0 Å². The maximum absolute atomic E-state index is 5.11. The molecule has 2 aromatic carbocycles. The van der Waals surface area contributed by atoms with Gasteiger partial charge in [0.2, 0.25) is 5.95 Å². The van der Waals surface area contributed by atoms with E-state index in [1.165, 1.54) is 22.8 Å². The minimum absolute atomic E-state index is 0.494. The molecule has 0 saturated carbocycles. The zero-order valence-electron chi connectivity index (χ0n) is 18.7. The van der Waals surface area contributed by atoms with Gasteiger partial charge in [0.1, 0.15) is 11.5 Å². The third-order valence-electron chi connectivity index (χ3n) is 7.08. The third kappa shape index (κ3) is 3.28. The molecule has 2 aliphatic heterocycles. The van der Waals surface area contributed by atoms with Crippen LogP contribution in [-0.2, 0) is 6.54 Å². The summed E-state index contributed by atoms with van der Waals surface area (Å²) in [6.45, 7) is 2.71. The fraction of sp³-hybridized carbons (Fsp3) is 0.222. The van der Waals surface area contributed by atoms with Gasteiger partial charge < -0.3 is 15.5 Å². The summed E-state index contributed by atoms with van der Waals surface area (Å²) in [7, 11) is 0. The van der Waals surface area contributed by atoms with Crippen molar-refractivity contribution in [3.8, 4) is 11.3 Å². The van der Waals surface area contributed by atoms with Crippen LogP contribution in [0.1, 0.15) is 12.0 Å². The predicted molar refractivity (Wildman–Crippen MR) is 135 cm³/mol. The van der Waals surface area contributed by atoms with Crippen molar-refractivity contribution in [2.24, 2.45) is 0 Å². The van der Waals surface area contributed by atoms with Crippen LogP contribution in [0.3, 0.4) is 0 Å². The van der Waals surface area contributed by atoms with Gasteiger partial charge >= 0.3 is 0 Å². The molecule has 2 fully saturated rings. The number of hydrogen-bond donors (Lipinski definition) is 2. The van der Waals surface area contributed by atoms with Crippen molar-refractivity contribution in [2.75, 3.05) is 23.3 Å². The van der Waals surface area contributed by atoms with E-state index in [1.54, 1.807) is 0 Å². The molecule has 3 aromatic heterocycles. The highest BCUT2D eigenvalue weighted by molar-refractivity contribution is 5.85. The molecular weight excluding hydrogens is 422 g/mol. The zero-order valence-corrected chi connectivity index (χ0v) is 18.7. The van der Waals surface area contributed by atoms with Gasteiger partial charge in [-0.05, 0) is 34.9 Å². The van der Waals surface area contributed by atoms with Gasteiger partial charge in [0, 0.05) is 61.9 Å². The highest BCUT2D eigenvalue weighted by Crippen LogP contribution is 2.31. The van der Waals surface area contributed by atoms with Gasteiger partial charge in [-0.3, -0.25) is 4.40 Å². The average Bonchev–Trinajstić information content (AvgIpc) is 3.64. The van der Waals surface area contributed by atoms with Crippen LogP contribution in [0, 0.1) is 0 Å². The Kier molecular flexibility index (Phi) is 4.48. The summed E-state index contributed by atoms with van der Waals surface area (Å²) in [6, 6.07) is 22.1. The smallest absolute Gasteiger partial charge is 0.212 e. The predicted octanol–water partition coefficient (Wildman–Crippen LogP) is 4.11. The second kappa shape index (κ2) is 7.81. The molecule has 34 heavy (non-hydrogen) atoms. The number of fused-ring (bicyclic) bond motifs is 4. The number of pyridine rings is 1. The lowest BCUT2D eigenvalue weighted by atomic mass is 10.0. The van der Waals surface area contributed by atoms with E-state index >= 15 is 0 Å². The van der Waals surface area contributed by atoms with Crippen LogP contribution in [0.4, 0.5) is 11.8 Å². The van der Waals surface area contributed by atoms with E-state index in [1.807, 2.05) is 24.7 Å². The first-order valence-corrected chi connectivity index (χ1v) is 11.8. The van der Waals surface area contributed by atoms with Crippen molar-refractivity contribution in [2.45, 2.75) is 25.0 Å². The van der Waals surface area contributed by atoms with E-state index in [9.17, 15) is 0 Å². The van der Waals surface area contributed by atoms with Crippen LogP contribution in [0.25, 0.3) is 27.7 Å². The highest BCUT2D eigenvalue weighted by atomic mass is 15.4. The second-order valence-corrected chi connectivity index (χ2v) is 9.17. The molecule has 168 valence electrons. The Hall–Kier alpha value is -3.97. The fourth-order valence-corrected chi connectivity index (χ4v) is 5.38. The minimum Gasteiger partial charge on any atom is -0.366 e. The van der Waals surface area contributed by atoms with Gasteiger partial charge in [-0.25, -0.2) is 15.0 Å². The first kappa shape index (κ1) is 19.5. The van der Waals surface area contributed by atoms with Gasteiger partial charge in [0.25, 0.3) is 0 Å². The van der Waals surface area contributed by atoms with Crippen molar-refractivity contribution in [1.29, 1.82) is 0 Å². The summed E-state index contributed by atoms with van der Waals surface area (Å²) in [6.07, 6.45) is 6.88. The van der Waals surface area contributed by atoms with E-state index in [0.717, 1.165) is 41.8 Å². The fourth-order valence-electron chi connectivity index (χ4n) is 5.38. The zero-order chi connectivity index (χ0) is 22.5. The normalized spacial score (nSPS) is 19.4. The molecule has 2 bridgehead atoms. The van der Waals surface area contributed by atoms with Crippen molar-refractivity contribution in [1.82, 2.24) is 24.7 Å². The summed E-state index contributed by atoms with van der Waals surface area (Å²) in [5, 5.41) is 9.60. The van der Waals surface area contributed by atoms with E-state index in [-0.39, 0.29) is 0 Å². The maximum atomic E-state index is 5.11. The van der Waals surface area contributed by atoms with Gasteiger partial charge in [0.05, 0.1) is 5.69 Å². The number of piperazine rings is 1. The van der Waals surface area contributed by atoms with Gasteiger partial charge in [-0.1, -0.05) is 42.5 Å². The molecule has 0 unspecified atom stereocenters. The first-order valence-electron chi connectivity index (χ1n) is 11.8. The molecule has 2 aliphatic rings. The number of rotatable bonds is 5. The molecule has 0 spiro atoms. The van der Waals surface area contributed by atoms with Crippen LogP contribution in [0.15, 0.2) is 79.3 Å². The largest absolute Gasteiger partial charge is 0.366 e. The Balaban J connectivity index is 1.20. The SMILES string of the molecule is c1ccc2c(CNc3cc(-c4cc5nccn5c(N5C[C@@H]6C[C@H]5CN6)n4)ccn3)cccc2c1. The van der Waals surface area contributed by atoms with Crippen molar-refractivity contribution >= 4 is 28.2 Å². The van der Waals surface area contributed by atoms with E-state index in [2.05, 4.69) is 84.5 Å². The van der Waals surface area contributed by atoms with E-state index in [4.69, 9.17) is 4.98 Å².